The molecule has 1 aliphatic heterocycles. The van der Waals surface area contributed by atoms with Crippen LogP contribution in [0.4, 0.5) is 0 Å². The lowest BCUT2D eigenvalue weighted by molar-refractivity contribution is 0.127. The maximum absolute atomic E-state index is 9.39. The fraction of sp³-hybridized carbons (Fsp3) is 0.789. The largest absolute Gasteiger partial charge is 0.396 e. The van der Waals surface area contributed by atoms with E-state index in [4.69, 9.17) is 9.73 Å². The fourth-order valence-corrected chi connectivity index (χ4v) is 3.66. The average molecular weight is 366 g/mol. The standard InChI is InChI=1S/C19H35N5O2/c1-5-16-15(17(6-2)24(4)23-16)12-21-18(20-7-3)22-13-19(8-10-25)9-11-26-14-19/h25H,5-14H2,1-4H3,(H2,20,21,22). The molecular weight excluding hydrogens is 330 g/mol. The molecule has 3 N–H and O–H groups in total. The lowest BCUT2D eigenvalue weighted by Crippen LogP contribution is -2.44. The number of nitrogens with one attached hydrogen (secondary N) is 2. The highest BCUT2D eigenvalue weighted by Crippen LogP contribution is 2.31. The Morgan fingerprint density at radius 1 is 1.31 bits per heavy atom. The molecule has 0 aliphatic carbocycles. The first-order valence-electron chi connectivity index (χ1n) is 9.83. The summed E-state index contributed by atoms with van der Waals surface area (Å²) in [5, 5.41) is 20.8. The molecule has 0 saturated carbocycles. The molecule has 1 aliphatic rings. The summed E-state index contributed by atoms with van der Waals surface area (Å²) in [4.78, 5) is 4.80. The van der Waals surface area contributed by atoms with Crippen LogP contribution in [0, 0.1) is 5.41 Å². The molecule has 148 valence electrons. The van der Waals surface area contributed by atoms with Crippen LogP contribution in [0.15, 0.2) is 4.99 Å². The van der Waals surface area contributed by atoms with Crippen molar-refractivity contribution in [2.24, 2.45) is 17.5 Å². The van der Waals surface area contributed by atoms with E-state index >= 15 is 0 Å². The maximum Gasteiger partial charge on any atom is 0.191 e. The van der Waals surface area contributed by atoms with Gasteiger partial charge in [-0.2, -0.15) is 5.10 Å². The molecule has 1 unspecified atom stereocenters. The highest BCUT2D eigenvalue weighted by molar-refractivity contribution is 5.79. The third kappa shape index (κ3) is 4.98. The van der Waals surface area contributed by atoms with Crippen molar-refractivity contribution < 1.29 is 9.84 Å². The zero-order valence-electron chi connectivity index (χ0n) is 16.8. The number of nitrogens with zero attached hydrogens (tertiary/aromatic N) is 3. The summed E-state index contributed by atoms with van der Waals surface area (Å²) in [6, 6.07) is 0. The minimum absolute atomic E-state index is 0.00238. The van der Waals surface area contributed by atoms with Crippen LogP contribution in [-0.4, -0.2) is 53.8 Å². The van der Waals surface area contributed by atoms with E-state index in [1.165, 1.54) is 11.3 Å². The zero-order valence-corrected chi connectivity index (χ0v) is 16.8. The van der Waals surface area contributed by atoms with Gasteiger partial charge in [-0.05, 0) is 32.6 Å². The van der Waals surface area contributed by atoms with Crippen molar-refractivity contribution in [3.05, 3.63) is 17.0 Å². The van der Waals surface area contributed by atoms with Crippen molar-refractivity contribution in [3.63, 3.8) is 0 Å². The van der Waals surface area contributed by atoms with Crippen molar-refractivity contribution in [2.45, 2.75) is 53.0 Å². The van der Waals surface area contributed by atoms with E-state index in [0.717, 1.165) is 57.0 Å². The lowest BCUT2D eigenvalue weighted by atomic mass is 9.84. The molecule has 7 nitrogen and oxygen atoms in total. The summed E-state index contributed by atoms with van der Waals surface area (Å²) in [5.41, 5.74) is 3.62. The minimum Gasteiger partial charge on any atom is -0.396 e. The number of ether oxygens (including phenoxy) is 1. The van der Waals surface area contributed by atoms with E-state index in [-0.39, 0.29) is 12.0 Å². The van der Waals surface area contributed by atoms with Crippen molar-refractivity contribution in [2.75, 3.05) is 32.9 Å². The Balaban J connectivity index is 2.09. The van der Waals surface area contributed by atoms with Crippen molar-refractivity contribution in [1.29, 1.82) is 0 Å². The number of guanidine groups is 1. The topological polar surface area (TPSA) is 83.7 Å². The molecule has 1 fully saturated rings. The Kier molecular flexibility index (Phi) is 7.90. The lowest BCUT2D eigenvalue weighted by Gasteiger charge is -2.27. The van der Waals surface area contributed by atoms with Gasteiger partial charge in [-0.1, -0.05) is 13.8 Å². The quantitative estimate of drug-likeness (QED) is 0.455. The number of aliphatic hydroxyl groups excluding tert-OH is 1. The summed E-state index contributed by atoms with van der Waals surface area (Å²) in [6.45, 7) is 10.2. The molecule has 1 saturated heterocycles. The molecule has 2 rings (SSSR count). The predicted octanol–water partition coefficient (Wildman–Crippen LogP) is 1.39. The van der Waals surface area contributed by atoms with Crippen LogP contribution in [0.5, 0.6) is 0 Å². The first-order chi connectivity index (χ1) is 12.6. The Labute approximate surface area is 157 Å². The van der Waals surface area contributed by atoms with Crippen molar-refractivity contribution >= 4 is 5.96 Å². The monoisotopic (exact) mass is 365 g/mol. The van der Waals surface area contributed by atoms with E-state index in [1.54, 1.807) is 0 Å². The number of aliphatic hydroxyl groups is 1. The van der Waals surface area contributed by atoms with E-state index in [1.807, 2.05) is 11.7 Å². The Morgan fingerprint density at radius 2 is 2.12 bits per heavy atom. The number of rotatable bonds is 9. The third-order valence-corrected chi connectivity index (χ3v) is 5.23. The minimum atomic E-state index is 0.00238. The molecule has 1 aromatic rings. The van der Waals surface area contributed by atoms with E-state index in [2.05, 4.69) is 36.5 Å². The van der Waals surface area contributed by atoms with Gasteiger partial charge in [-0.15, -0.1) is 0 Å². The predicted molar refractivity (Wildman–Crippen MR) is 104 cm³/mol. The van der Waals surface area contributed by atoms with E-state index < -0.39 is 0 Å². The number of aryl methyl sites for hydroxylation is 2. The number of aromatic nitrogens is 2. The second kappa shape index (κ2) is 9.92. The van der Waals surface area contributed by atoms with Crippen molar-refractivity contribution in [3.8, 4) is 0 Å². The molecule has 2 heterocycles. The van der Waals surface area contributed by atoms with Crippen LogP contribution in [0.3, 0.4) is 0 Å². The normalized spacial score (nSPS) is 20.6. The Morgan fingerprint density at radius 3 is 2.69 bits per heavy atom. The van der Waals surface area contributed by atoms with E-state index in [0.29, 0.717) is 13.2 Å². The summed E-state index contributed by atoms with van der Waals surface area (Å²) in [6.07, 6.45) is 3.60. The Hall–Kier alpha value is -1.60. The second-order valence-corrected chi connectivity index (χ2v) is 7.03. The molecule has 26 heavy (non-hydrogen) atoms. The molecule has 0 radical (unpaired) electrons. The van der Waals surface area contributed by atoms with E-state index in [9.17, 15) is 5.11 Å². The Bertz CT molecular complexity index is 591. The van der Waals surface area contributed by atoms with Gasteiger partial charge >= 0.3 is 0 Å². The first-order valence-corrected chi connectivity index (χ1v) is 9.83. The summed E-state index contributed by atoms with van der Waals surface area (Å²) in [5.74, 6) is 0.810. The number of aliphatic imine (C=N–C) groups is 1. The SMILES string of the molecule is CCNC(=NCc1c(CC)nn(C)c1CC)NCC1(CCO)CCOC1. The zero-order chi connectivity index (χ0) is 19.0. The fourth-order valence-electron chi connectivity index (χ4n) is 3.66. The van der Waals surface area contributed by atoms with Gasteiger partial charge in [-0.3, -0.25) is 4.68 Å². The van der Waals surface area contributed by atoms with Crippen LogP contribution in [0.2, 0.25) is 0 Å². The molecule has 0 amide bonds. The molecule has 7 heteroatoms. The van der Waals surface area contributed by atoms with Crippen LogP contribution in [0.1, 0.15) is 50.6 Å². The van der Waals surface area contributed by atoms with Gasteiger partial charge in [0.15, 0.2) is 5.96 Å². The highest BCUT2D eigenvalue weighted by atomic mass is 16.5. The van der Waals surface area contributed by atoms with Crippen molar-refractivity contribution in [1.82, 2.24) is 20.4 Å². The van der Waals surface area contributed by atoms with Crippen LogP contribution < -0.4 is 10.6 Å². The average Bonchev–Trinajstić information content (AvgIpc) is 3.22. The number of hydrogen-bond donors (Lipinski definition) is 3. The molecule has 0 spiro atoms. The van der Waals surface area contributed by atoms with Gasteiger partial charge in [0.05, 0.1) is 18.8 Å². The van der Waals surface area contributed by atoms with Crippen LogP contribution >= 0.6 is 0 Å². The van der Waals surface area contributed by atoms with Crippen LogP contribution in [0.25, 0.3) is 0 Å². The highest BCUT2D eigenvalue weighted by Gasteiger charge is 2.34. The third-order valence-electron chi connectivity index (χ3n) is 5.23. The smallest absolute Gasteiger partial charge is 0.191 e. The number of hydrogen-bond acceptors (Lipinski definition) is 4. The van der Waals surface area contributed by atoms with Gasteiger partial charge in [0.25, 0.3) is 0 Å². The van der Waals surface area contributed by atoms with Crippen LogP contribution in [-0.2, 0) is 31.2 Å². The van der Waals surface area contributed by atoms with Gasteiger partial charge in [0, 0.05) is 50.0 Å². The maximum atomic E-state index is 9.39. The molecule has 1 atom stereocenters. The summed E-state index contributed by atoms with van der Waals surface area (Å²) >= 11 is 0. The van der Waals surface area contributed by atoms with Gasteiger partial charge < -0.3 is 20.5 Å². The molecule has 0 aromatic carbocycles. The van der Waals surface area contributed by atoms with Gasteiger partial charge in [-0.25, -0.2) is 4.99 Å². The summed E-state index contributed by atoms with van der Waals surface area (Å²) in [7, 11) is 2.01. The first kappa shape index (κ1) is 20.7. The second-order valence-electron chi connectivity index (χ2n) is 7.03. The summed E-state index contributed by atoms with van der Waals surface area (Å²) < 4.78 is 7.56. The molecule has 1 aromatic heterocycles. The van der Waals surface area contributed by atoms with Gasteiger partial charge in [0.1, 0.15) is 0 Å². The molecule has 0 bridgehead atoms. The van der Waals surface area contributed by atoms with Gasteiger partial charge in [0.2, 0.25) is 0 Å². The molecular formula is C19H35N5O2.